The van der Waals surface area contributed by atoms with Crippen molar-refractivity contribution in [2.75, 3.05) is 12.4 Å². The van der Waals surface area contributed by atoms with Crippen molar-refractivity contribution in [2.24, 2.45) is 5.10 Å². The van der Waals surface area contributed by atoms with Crippen LogP contribution in [0, 0.1) is 0 Å². The predicted octanol–water partition coefficient (Wildman–Crippen LogP) is 2.74. The highest BCUT2D eigenvalue weighted by atomic mass is 16.5. The molecule has 0 aliphatic rings. The number of aromatic hydroxyl groups is 1. The van der Waals surface area contributed by atoms with Crippen molar-refractivity contribution >= 4 is 17.8 Å². The summed E-state index contributed by atoms with van der Waals surface area (Å²) in [5.74, 6) is 0.728. The van der Waals surface area contributed by atoms with Crippen LogP contribution in [-0.4, -0.2) is 30.4 Å². The summed E-state index contributed by atoms with van der Waals surface area (Å²) >= 11 is 0. The van der Waals surface area contributed by atoms with Crippen molar-refractivity contribution in [3.63, 3.8) is 0 Å². The molecular formula is C18H21N3O3. The number of hydrogen-bond donors (Lipinski definition) is 3. The number of carbonyl (C=O) groups excluding carboxylic acids is 1. The molecule has 0 bridgehead atoms. The van der Waals surface area contributed by atoms with Gasteiger partial charge in [0.05, 0.1) is 13.3 Å². The van der Waals surface area contributed by atoms with Gasteiger partial charge in [-0.2, -0.15) is 5.10 Å². The van der Waals surface area contributed by atoms with E-state index in [1.54, 1.807) is 31.4 Å². The number of nitrogens with zero attached hydrogens (tertiary/aromatic N) is 1. The number of rotatable bonds is 7. The molecule has 0 unspecified atom stereocenters. The molecule has 0 aliphatic heterocycles. The number of phenols is 1. The third-order valence-corrected chi connectivity index (χ3v) is 3.44. The number of ether oxygens (including phenoxy) is 1. The van der Waals surface area contributed by atoms with Crippen LogP contribution in [-0.2, 0) is 4.79 Å². The molecule has 3 N–H and O–H groups in total. The fourth-order valence-corrected chi connectivity index (χ4v) is 2.05. The molecule has 0 saturated carbocycles. The highest BCUT2D eigenvalue weighted by molar-refractivity contribution is 5.86. The number of hydrogen-bond acceptors (Lipinski definition) is 5. The Morgan fingerprint density at radius 1 is 1.21 bits per heavy atom. The second-order valence-electron chi connectivity index (χ2n) is 5.16. The Kier molecular flexibility index (Phi) is 6.19. The summed E-state index contributed by atoms with van der Waals surface area (Å²) in [6.45, 7) is 1.92. The van der Waals surface area contributed by atoms with Gasteiger partial charge in [0.15, 0.2) is 0 Å². The van der Waals surface area contributed by atoms with Crippen LogP contribution in [0.15, 0.2) is 53.6 Å². The van der Waals surface area contributed by atoms with Crippen LogP contribution in [0.5, 0.6) is 11.5 Å². The Morgan fingerprint density at radius 2 is 1.88 bits per heavy atom. The number of amides is 1. The molecule has 2 aromatic carbocycles. The fraction of sp³-hybridized carbons (Fsp3) is 0.222. The first-order valence-corrected chi connectivity index (χ1v) is 7.65. The molecule has 0 aromatic heterocycles. The molecular weight excluding hydrogens is 306 g/mol. The van der Waals surface area contributed by atoms with E-state index in [1.807, 2.05) is 31.2 Å². The van der Waals surface area contributed by atoms with Crippen LogP contribution in [0.4, 0.5) is 5.69 Å². The Hall–Kier alpha value is -3.02. The van der Waals surface area contributed by atoms with E-state index in [9.17, 15) is 9.90 Å². The molecule has 0 fully saturated rings. The first-order valence-electron chi connectivity index (χ1n) is 7.65. The molecule has 6 heteroatoms. The number of anilines is 1. The minimum absolute atomic E-state index is 0.186. The zero-order valence-corrected chi connectivity index (χ0v) is 13.7. The molecule has 126 valence electrons. The average Bonchev–Trinajstić information content (AvgIpc) is 2.61. The van der Waals surface area contributed by atoms with E-state index in [4.69, 9.17) is 4.74 Å². The Morgan fingerprint density at radius 3 is 2.46 bits per heavy atom. The van der Waals surface area contributed by atoms with Gasteiger partial charge in [-0.1, -0.05) is 6.92 Å². The zero-order chi connectivity index (χ0) is 17.4. The molecule has 1 amide bonds. The molecule has 6 nitrogen and oxygen atoms in total. The van der Waals surface area contributed by atoms with Gasteiger partial charge in [-0.25, -0.2) is 5.43 Å². The summed E-state index contributed by atoms with van der Waals surface area (Å²) in [5.41, 5.74) is 4.14. The second-order valence-corrected chi connectivity index (χ2v) is 5.16. The van der Waals surface area contributed by atoms with E-state index in [0.29, 0.717) is 6.42 Å². The quantitative estimate of drug-likeness (QED) is 0.539. The first kappa shape index (κ1) is 17.3. The van der Waals surface area contributed by atoms with Gasteiger partial charge < -0.3 is 15.2 Å². The van der Waals surface area contributed by atoms with Crippen molar-refractivity contribution < 1.29 is 14.6 Å². The van der Waals surface area contributed by atoms with Crippen molar-refractivity contribution in [3.8, 4) is 11.5 Å². The van der Waals surface area contributed by atoms with E-state index in [1.165, 1.54) is 6.21 Å². The van der Waals surface area contributed by atoms with E-state index >= 15 is 0 Å². The number of nitrogens with one attached hydrogen (secondary N) is 2. The fourth-order valence-electron chi connectivity index (χ4n) is 2.05. The molecule has 2 rings (SSSR count). The van der Waals surface area contributed by atoms with E-state index in [-0.39, 0.29) is 11.7 Å². The molecule has 0 aliphatic carbocycles. The Labute approximate surface area is 141 Å². The predicted molar refractivity (Wildman–Crippen MR) is 94.5 cm³/mol. The van der Waals surface area contributed by atoms with Crippen LogP contribution < -0.4 is 15.5 Å². The van der Waals surface area contributed by atoms with E-state index < -0.39 is 6.04 Å². The maximum absolute atomic E-state index is 12.2. The van der Waals surface area contributed by atoms with Gasteiger partial charge in [0.2, 0.25) is 0 Å². The van der Waals surface area contributed by atoms with Gasteiger partial charge in [0, 0.05) is 5.69 Å². The third kappa shape index (κ3) is 5.01. The third-order valence-electron chi connectivity index (χ3n) is 3.44. The normalized spacial score (nSPS) is 11.9. The Bertz CT molecular complexity index is 682. The lowest BCUT2D eigenvalue weighted by atomic mass is 10.2. The van der Waals surface area contributed by atoms with Crippen LogP contribution in [0.25, 0.3) is 0 Å². The zero-order valence-electron chi connectivity index (χ0n) is 13.7. The number of methoxy groups -OCH3 is 1. The summed E-state index contributed by atoms with van der Waals surface area (Å²) in [7, 11) is 1.61. The summed E-state index contributed by atoms with van der Waals surface area (Å²) in [6, 6.07) is 13.5. The van der Waals surface area contributed by atoms with Crippen LogP contribution in [0.3, 0.4) is 0 Å². The average molecular weight is 327 g/mol. The van der Waals surface area contributed by atoms with Gasteiger partial charge >= 0.3 is 0 Å². The second kappa shape index (κ2) is 8.57. The summed E-state index contributed by atoms with van der Waals surface area (Å²) in [6.07, 6.45) is 2.14. The lowest BCUT2D eigenvalue weighted by Gasteiger charge is -2.16. The molecule has 2 aromatic rings. The standard InChI is InChI=1S/C18H21N3O3/c1-3-17(20-14-6-10-16(24-2)11-7-14)18(23)21-19-12-13-4-8-15(22)9-5-13/h4-12,17,20,22H,3H2,1-2H3,(H,21,23)/b19-12+/t17-/m1/s1. The highest BCUT2D eigenvalue weighted by Crippen LogP contribution is 2.16. The van der Waals surface area contributed by atoms with Gasteiger partial charge in [0.1, 0.15) is 17.5 Å². The first-order chi connectivity index (χ1) is 11.6. The van der Waals surface area contributed by atoms with Crippen LogP contribution in [0.1, 0.15) is 18.9 Å². The van der Waals surface area contributed by atoms with Crippen molar-refractivity contribution in [1.82, 2.24) is 5.43 Å². The largest absolute Gasteiger partial charge is 0.508 e. The van der Waals surface area contributed by atoms with Gasteiger partial charge in [-0.3, -0.25) is 4.79 Å². The number of carbonyl (C=O) groups is 1. The minimum atomic E-state index is -0.393. The number of phenolic OH excluding ortho intramolecular Hbond substituents is 1. The van der Waals surface area contributed by atoms with Crippen LogP contribution in [0.2, 0.25) is 0 Å². The maximum atomic E-state index is 12.2. The van der Waals surface area contributed by atoms with Crippen molar-refractivity contribution in [3.05, 3.63) is 54.1 Å². The number of hydrazone groups is 1. The summed E-state index contributed by atoms with van der Waals surface area (Å²) in [5, 5.41) is 16.3. The van der Waals surface area contributed by atoms with Crippen molar-refractivity contribution in [2.45, 2.75) is 19.4 Å². The molecule has 0 saturated heterocycles. The molecule has 0 heterocycles. The highest BCUT2D eigenvalue weighted by Gasteiger charge is 2.15. The monoisotopic (exact) mass is 327 g/mol. The molecule has 1 atom stereocenters. The van der Waals surface area contributed by atoms with Gasteiger partial charge in [-0.15, -0.1) is 0 Å². The molecule has 0 radical (unpaired) electrons. The van der Waals surface area contributed by atoms with Gasteiger partial charge in [0.25, 0.3) is 5.91 Å². The van der Waals surface area contributed by atoms with E-state index in [2.05, 4.69) is 15.8 Å². The van der Waals surface area contributed by atoms with E-state index in [0.717, 1.165) is 17.0 Å². The van der Waals surface area contributed by atoms with Crippen molar-refractivity contribution in [1.29, 1.82) is 0 Å². The summed E-state index contributed by atoms with van der Waals surface area (Å²) < 4.78 is 5.11. The smallest absolute Gasteiger partial charge is 0.262 e. The lowest BCUT2D eigenvalue weighted by molar-refractivity contribution is -0.121. The maximum Gasteiger partial charge on any atom is 0.262 e. The lowest BCUT2D eigenvalue weighted by Crippen LogP contribution is -2.36. The SMILES string of the molecule is CC[C@@H](Nc1ccc(OC)cc1)C(=O)N/N=C/c1ccc(O)cc1. The molecule has 0 spiro atoms. The number of benzene rings is 2. The molecule has 24 heavy (non-hydrogen) atoms. The minimum Gasteiger partial charge on any atom is -0.508 e. The van der Waals surface area contributed by atoms with Crippen LogP contribution >= 0.6 is 0 Å². The summed E-state index contributed by atoms with van der Waals surface area (Å²) in [4.78, 5) is 12.2. The topological polar surface area (TPSA) is 83.0 Å². The van der Waals surface area contributed by atoms with Gasteiger partial charge in [-0.05, 0) is 60.5 Å². The Balaban J connectivity index is 1.91.